The van der Waals surface area contributed by atoms with Crippen LogP contribution < -0.4 is 0 Å². The van der Waals surface area contributed by atoms with Gasteiger partial charge in [0.05, 0.1) is 11.1 Å². The summed E-state index contributed by atoms with van der Waals surface area (Å²) in [7, 11) is 0. The molecule has 2 rings (SSSR count). The first-order valence-electron chi connectivity index (χ1n) is 4.54. The summed E-state index contributed by atoms with van der Waals surface area (Å²) in [6.07, 6.45) is 1.83. The molecule has 1 heterocycles. The van der Waals surface area contributed by atoms with Crippen molar-refractivity contribution in [3.8, 4) is 10.4 Å². The molecule has 0 aliphatic heterocycles. The number of rotatable bonds is 1. The topological polar surface area (TPSA) is 25.8 Å². The second-order valence-corrected chi connectivity index (χ2v) is 4.34. The lowest BCUT2D eigenvalue weighted by Crippen LogP contribution is -1.87. The van der Waals surface area contributed by atoms with Gasteiger partial charge in [0.15, 0.2) is 0 Å². The zero-order valence-electron chi connectivity index (χ0n) is 8.53. The van der Waals surface area contributed by atoms with Crippen LogP contribution in [0.1, 0.15) is 16.7 Å². The summed E-state index contributed by atoms with van der Waals surface area (Å²) in [6, 6.07) is 4.39. The van der Waals surface area contributed by atoms with Crippen molar-refractivity contribution in [1.29, 1.82) is 0 Å². The summed E-state index contributed by atoms with van der Waals surface area (Å²) in [5, 5.41) is 3.87. The molecule has 0 saturated carbocycles. The zero-order chi connectivity index (χ0) is 10.1. The van der Waals surface area contributed by atoms with Crippen LogP contribution in [0.15, 0.2) is 18.3 Å². The fourth-order valence-corrected chi connectivity index (χ4v) is 2.54. The van der Waals surface area contributed by atoms with Crippen LogP contribution in [0.25, 0.3) is 10.4 Å². The monoisotopic (exact) mass is 204 g/mol. The molecule has 0 radical (unpaired) electrons. The zero-order valence-corrected chi connectivity index (χ0v) is 9.35. The lowest BCUT2D eigenvalue weighted by atomic mass is 9.99. The lowest BCUT2D eigenvalue weighted by Gasteiger charge is -2.07. The van der Waals surface area contributed by atoms with Gasteiger partial charge in [-0.15, -0.1) is 5.10 Å². The van der Waals surface area contributed by atoms with Crippen LogP contribution in [0.2, 0.25) is 0 Å². The highest BCUT2D eigenvalue weighted by molar-refractivity contribution is 7.09. The first kappa shape index (κ1) is 9.34. The number of nitrogens with zero attached hydrogens (tertiary/aromatic N) is 2. The van der Waals surface area contributed by atoms with E-state index < -0.39 is 0 Å². The molecule has 2 aromatic rings. The molecule has 0 fully saturated rings. The van der Waals surface area contributed by atoms with E-state index >= 15 is 0 Å². The van der Waals surface area contributed by atoms with E-state index in [4.69, 9.17) is 0 Å². The maximum atomic E-state index is 3.89. The fraction of sp³-hybridized carbons (Fsp3) is 0.273. The molecule has 0 aliphatic carbocycles. The second-order valence-electron chi connectivity index (χ2n) is 3.56. The van der Waals surface area contributed by atoms with E-state index in [0.717, 1.165) is 4.88 Å². The van der Waals surface area contributed by atoms with Crippen molar-refractivity contribution < 1.29 is 0 Å². The fourth-order valence-electron chi connectivity index (χ4n) is 1.85. The van der Waals surface area contributed by atoms with Gasteiger partial charge in [0.2, 0.25) is 0 Å². The number of hydrogen-bond acceptors (Lipinski definition) is 3. The van der Waals surface area contributed by atoms with Gasteiger partial charge in [0, 0.05) is 5.56 Å². The third-order valence-corrected chi connectivity index (χ3v) is 2.97. The summed E-state index contributed by atoms with van der Waals surface area (Å²) in [6.45, 7) is 6.39. The van der Waals surface area contributed by atoms with Crippen molar-refractivity contribution in [2.24, 2.45) is 0 Å². The van der Waals surface area contributed by atoms with Crippen LogP contribution in [0, 0.1) is 20.8 Å². The highest BCUT2D eigenvalue weighted by atomic mass is 32.1. The molecule has 72 valence electrons. The number of benzene rings is 1. The highest BCUT2D eigenvalue weighted by Gasteiger charge is 2.08. The Labute approximate surface area is 87.8 Å². The number of aromatic nitrogens is 2. The van der Waals surface area contributed by atoms with Gasteiger partial charge in [-0.2, -0.15) is 0 Å². The Morgan fingerprint density at radius 2 is 1.71 bits per heavy atom. The molecule has 0 saturated heterocycles. The van der Waals surface area contributed by atoms with Crippen molar-refractivity contribution >= 4 is 11.5 Å². The largest absolute Gasteiger partial charge is 0.146 e. The highest BCUT2D eigenvalue weighted by Crippen LogP contribution is 2.29. The Balaban J connectivity index is 2.64. The number of hydrogen-bond donors (Lipinski definition) is 0. The molecule has 3 heteroatoms. The molecule has 1 aromatic heterocycles. The lowest BCUT2D eigenvalue weighted by molar-refractivity contribution is 1.16. The Morgan fingerprint density at radius 1 is 1.07 bits per heavy atom. The van der Waals surface area contributed by atoms with Crippen LogP contribution in [-0.2, 0) is 0 Å². The molecule has 0 amide bonds. The van der Waals surface area contributed by atoms with E-state index in [0.29, 0.717) is 0 Å². The smallest absolute Gasteiger partial charge is 0.0759 e. The first-order valence-corrected chi connectivity index (χ1v) is 5.31. The molecule has 0 N–H and O–H groups in total. The van der Waals surface area contributed by atoms with Gasteiger partial charge in [-0.3, -0.25) is 0 Å². The van der Waals surface area contributed by atoms with E-state index in [1.807, 2.05) is 6.20 Å². The van der Waals surface area contributed by atoms with Crippen LogP contribution in [0.5, 0.6) is 0 Å². The summed E-state index contributed by atoms with van der Waals surface area (Å²) in [4.78, 5) is 1.15. The minimum atomic E-state index is 1.15. The predicted octanol–water partition coefficient (Wildman–Crippen LogP) is 3.13. The molecule has 1 aromatic carbocycles. The molecule has 0 unspecified atom stereocenters. The van der Waals surface area contributed by atoms with Gasteiger partial charge in [-0.05, 0) is 43.4 Å². The molecule has 2 nitrogen and oxygen atoms in total. The van der Waals surface area contributed by atoms with E-state index in [2.05, 4.69) is 42.5 Å². The molecule has 0 atom stereocenters. The molecular formula is C11H12N2S. The Bertz CT molecular complexity index is 423. The van der Waals surface area contributed by atoms with Gasteiger partial charge in [0.1, 0.15) is 0 Å². The quantitative estimate of drug-likeness (QED) is 0.713. The van der Waals surface area contributed by atoms with Gasteiger partial charge >= 0.3 is 0 Å². The van der Waals surface area contributed by atoms with E-state index in [9.17, 15) is 0 Å². The molecule has 14 heavy (non-hydrogen) atoms. The van der Waals surface area contributed by atoms with Gasteiger partial charge in [-0.1, -0.05) is 22.2 Å². The minimum absolute atomic E-state index is 1.15. The van der Waals surface area contributed by atoms with E-state index in [1.165, 1.54) is 33.8 Å². The van der Waals surface area contributed by atoms with E-state index in [-0.39, 0.29) is 0 Å². The summed E-state index contributed by atoms with van der Waals surface area (Å²) in [5.74, 6) is 0. The summed E-state index contributed by atoms with van der Waals surface area (Å²) in [5.41, 5.74) is 5.19. The van der Waals surface area contributed by atoms with Gasteiger partial charge in [0.25, 0.3) is 0 Å². The van der Waals surface area contributed by atoms with Crippen molar-refractivity contribution in [3.63, 3.8) is 0 Å². The van der Waals surface area contributed by atoms with Crippen molar-refractivity contribution in [2.45, 2.75) is 20.8 Å². The maximum Gasteiger partial charge on any atom is 0.0759 e. The third-order valence-electron chi connectivity index (χ3n) is 2.28. The predicted molar refractivity (Wildman–Crippen MR) is 59.6 cm³/mol. The van der Waals surface area contributed by atoms with Crippen molar-refractivity contribution in [3.05, 3.63) is 35.0 Å². The Kier molecular flexibility index (Phi) is 2.33. The molecule has 0 spiro atoms. The van der Waals surface area contributed by atoms with Gasteiger partial charge < -0.3 is 0 Å². The van der Waals surface area contributed by atoms with Crippen molar-refractivity contribution in [2.75, 3.05) is 0 Å². The third kappa shape index (κ3) is 1.55. The van der Waals surface area contributed by atoms with Gasteiger partial charge in [-0.25, -0.2) is 0 Å². The SMILES string of the molecule is Cc1cc(C)c(-c2cnns2)c(C)c1. The van der Waals surface area contributed by atoms with Crippen LogP contribution in [-0.4, -0.2) is 9.59 Å². The maximum absolute atomic E-state index is 3.89. The van der Waals surface area contributed by atoms with Crippen LogP contribution in [0.4, 0.5) is 0 Å². The Morgan fingerprint density at radius 3 is 2.21 bits per heavy atom. The Hall–Kier alpha value is -1.22. The van der Waals surface area contributed by atoms with E-state index in [1.54, 1.807) is 0 Å². The average Bonchev–Trinajstić information content (AvgIpc) is 2.54. The average molecular weight is 204 g/mol. The first-order chi connectivity index (χ1) is 6.68. The molecular weight excluding hydrogens is 192 g/mol. The molecule has 0 bridgehead atoms. The number of aryl methyl sites for hydroxylation is 3. The minimum Gasteiger partial charge on any atom is -0.146 e. The van der Waals surface area contributed by atoms with Crippen molar-refractivity contribution in [1.82, 2.24) is 9.59 Å². The normalized spacial score (nSPS) is 10.5. The summed E-state index contributed by atoms with van der Waals surface area (Å²) < 4.78 is 3.89. The standard InChI is InChI=1S/C11H12N2S/c1-7-4-8(2)11(9(3)5-7)10-6-12-13-14-10/h4-6H,1-3H3. The summed E-state index contributed by atoms with van der Waals surface area (Å²) >= 11 is 1.45. The van der Waals surface area contributed by atoms with Crippen LogP contribution in [0.3, 0.4) is 0 Å². The van der Waals surface area contributed by atoms with Crippen LogP contribution >= 0.6 is 11.5 Å². The second kappa shape index (κ2) is 3.50. The molecule has 0 aliphatic rings.